The topological polar surface area (TPSA) is 37.3 Å². The molecule has 0 aromatic heterocycles. The molecular formula is C13H13FO2. The van der Waals surface area contributed by atoms with Crippen LogP contribution in [0.15, 0.2) is 30.3 Å². The van der Waals surface area contributed by atoms with Crippen molar-refractivity contribution in [3.63, 3.8) is 0 Å². The molecule has 2 rings (SSSR count). The first-order valence-electron chi connectivity index (χ1n) is 5.28. The lowest BCUT2D eigenvalue weighted by Crippen LogP contribution is -2.13. The molecule has 0 saturated heterocycles. The van der Waals surface area contributed by atoms with Crippen LogP contribution in [0, 0.1) is 11.2 Å². The first-order valence-corrected chi connectivity index (χ1v) is 5.28. The lowest BCUT2D eigenvalue weighted by atomic mass is 10.0. The highest BCUT2D eigenvalue weighted by Crippen LogP contribution is 2.49. The molecule has 0 heterocycles. The number of hydrogen-bond acceptors (Lipinski definition) is 1. The molecule has 0 amide bonds. The maximum absolute atomic E-state index is 12.6. The number of hydrogen-bond donors (Lipinski definition) is 1. The van der Waals surface area contributed by atoms with Gasteiger partial charge in [-0.15, -0.1) is 0 Å². The van der Waals surface area contributed by atoms with E-state index in [9.17, 15) is 9.18 Å². The third kappa shape index (κ3) is 2.30. The summed E-state index contributed by atoms with van der Waals surface area (Å²) in [5, 5.41) is 8.95. The Kier molecular flexibility index (Phi) is 2.77. The Labute approximate surface area is 93.4 Å². The molecule has 0 spiro atoms. The number of carboxylic acids is 1. The van der Waals surface area contributed by atoms with Crippen molar-refractivity contribution in [2.24, 2.45) is 5.41 Å². The Hall–Kier alpha value is -1.64. The summed E-state index contributed by atoms with van der Waals surface area (Å²) in [5.41, 5.74) is 0.374. The summed E-state index contributed by atoms with van der Waals surface area (Å²) in [7, 11) is 0. The predicted octanol–water partition coefficient (Wildman–Crippen LogP) is 3.09. The van der Waals surface area contributed by atoms with Gasteiger partial charge in [0.1, 0.15) is 5.82 Å². The van der Waals surface area contributed by atoms with E-state index >= 15 is 0 Å². The molecule has 3 heteroatoms. The fraction of sp³-hybridized carbons (Fsp3) is 0.308. The van der Waals surface area contributed by atoms with Crippen LogP contribution in [0.1, 0.15) is 24.8 Å². The Balaban J connectivity index is 1.95. The molecule has 0 bridgehead atoms. The van der Waals surface area contributed by atoms with Gasteiger partial charge < -0.3 is 5.11 Å². The highest BCUT2D eigenvalue weighted by atomic mass is 19.1. The van der Waals surface area contributed by atoms with Crippen LogP contribution in [0.4, 0.5) is 4.39 Å². The van der Waals surface area contributed by atoms with Gasteiger partial charge in [0.25, 0.3) is 0 Å². The maximum Gasteiger partial charge on any atom is 0.309 e. The van der Waals surface area contributed by atoms with Gasteiger partial charge in [0.15, 0.2) is 0 Å². The zero-order valence-electron chi connectivity index (χ0n) is 8.82. The van der Waals surface area contributed by atoms with E-state index in [1.165, 1.54) is 12.1 Å². The molecule has 1 N–H and O–H groups in total. The third-order valence-corrected chi connectivity index (χ3v) is 3.00. The van der Waals surface area contributed by atoms with Crippen LogP contribution in [0.25, 0.3) is 6.08 Å². The summed E-state index contributed by atoms with van der Waals surface area (Å²) >= 11 is 0. The molecular weight excluding hydrogens is 207 g/mol. The minimum atomic E-state index is -0.712. The monoisotopic (exact) mass is 220 g/mol. The molecule has 0 aliphatic heterocycles. The standard InChI is InChI=1S/C13H13FO2/c14-11-5-3-10(4-6-11)2-1-7-13(8-9-13)12(15)16/h1-6H,7-9H2,(H,15,16)/b2-1+. The summed E-state index contributed by atoms with van der Waals surface area (Å²) in [6, 6.07) is 6.13. The third-order valence-electron chi connectivity index (χ3n) is 3.00. The number of halogens is 1. The molecule has 1 aromatic carbocycles. The number of carbonyl (C=O) groups is 1. The van der Waals surface area contributed by atoms with Crippen LogP contribution >= 0.6 is 0 Å². The summed E-state index contributed by atoms with van der Waals surface area (Å²) < 4.78 is 12.6. The van der Waals surface area contributed by atoms with Crippen molar-refractivity contribution in [2.45, 2.75) is 19.3 Å². The molecule has 84 valence electrons. The highest BCUT2D eigenvalue weighted by Gasteiger charge is 2.48. The van der Waals surface area contributed by atoms with E-state index in [0.717, 1.165) is 18.4 Å². The van der Waals surface area contributed by atoms with E-state index in [0.29, 0.717) is 6.42 Å². The lowest BCUT2D eigenvalue weighted by molar-refractivity contribution is -0.143. The summed E-state index contributed by atoms with van der Waals surface area (Å²) in [6.45, 7) is 0. The first kappa shape index (κ1) is 10.9. The Morgan fingerprint density at radius 2 is 2.00 bits per heavy atom. The van der Waals surface area contributed by atoms with Gasteiger partial charge >= 0.3 is 5.97 Å². The SMILES string of the molecule is O=C(O)C1(C/C=C/c2ccc(F)cc2)CC1. The van der Waals surface area contributed by atoms with Crippen molar-refractivity contribution in [3.8, 4) is 0 Å². The van der Waals surface area contributed by atoms with Crippen molar-refractivity contribution in [3.05, 3.63) is 41.7 Å². The van der Waals surface area contributed by atoms with E-state index in [2.05, 4.69) is 0 Å². The van der Waals surface area contributed by atoms with Crippen molar-refractivity contribution < 1.29 is 14.3 Å². The van der Waals surface area contributed by atoms with Gasteiger partial charge in [-0.3, -0.25) is 4.79 Å². The zero-order chi connectivity index (χ0) is 11.6. The van der Waals surface area contributed by atoms with E-state index in [-0.39, 0.29) is 5.82 Å². The average molecular weight is 220 g/mol. The number of aliphatic carboxylic acids is 1. The Morgan fingerprint density at radius 3 is 2.50 bits per heavy atom. The average Bonchev–Trinajstić information content (AvgIpc) is 3.02. The normalized spacial score (nSPS) is 17.6. The van der Waals surface area contributed by atoms with Crippen LogP contribution in [0.3, 0.4) is 0 Å². The van der Waals surface area contributed by atoms with Crippen LogP contribution in [-0.4, -0.2) is 11.1 Å². The maximum atomic E-state index is 12.6. The Bertz CT molecular complexity index is 416. The molecule has 0 radical (unpaired) electrons. The second-order valence-electron chi connectivity index (χ2n) is 4.24. The summed E-state index contributed by atoms with van der Waals surface area (Å²) in [6.07, 6.45) is 5.77. The first-order chi connectivity index (χ1) is 7.62. The second kappa shape index (κ2) is 4.08. The Morgan fingerprint density at radius 1 is 1.38 bits per heavy atom. The van der Waals surface area contributed by atoms with Gasteiger partial charge in [-0.25, -0.2) is 4.39 Å². The molecule has 2 nitrogen and oxygen atoms in total. The molecule has 0 atom stereocenters. The van der Waals surface area contributed by atoms with Gasteiger partial charge in [0.05, 0.1) is 5.41 Å². The van der Waals surface area contributed by atoms with Gasteiger partial charge in [-0.2, -0.15) is 0 Å². The van der Waals surface area contributed by atoms with Crippen LogP contribution in [0.2, 0.25) is 0 Å². The van der Waals surface area contributed by atoms with Gasteiger partial charge in [0, 0.05) is 0 Å². The van der Waals surface area contributed by atoms with E-state index < -0.39 is 11.4 Å². The molecule has 1 fully saturated rings. The molecule has 0 unspecified atom stereocenters. The molecule has 1 saturated carbocycles. The van der Waals surface area contributed by atoms with Crippen LogP contribution in [0.5, 0.6) is 0 Å². The van der Waals surface area contributed by atoms with Gasteiger partial charge in [0.2, 0.25) is 0 Å². The number of allylic oxidation sites excluding steroid dienone is 1. The smallest absolute Gasteiger partial charge is 0.309 e. The lowest BCUT2D eigenvalue weighted by Gasteiger charge is -2.04. The number of carboxylic acid groups (broad SMARTS) is 1. The number of benzene rings is 1. The van der Waals surface area contributed by atoms with Crippen molar-refractivity contribution >= 4 is 12.0 Å². The fourth-order valence-electron chi connectivity index (χ4n) is 1.65. The molecule has 1 aromatic rings. The van der Waals surface area contributed by atoms with Crippen molar-refractivity contribution in [1.82, 2.24) is 0 Å². The van der Waals surface area contributed by atoms with Gasteiger partial charge in [-0.05, 0) is 37.0 Å². The molecule has 1 aliphatic rings. The van der Waals surface area contributed by atoms with Crippen molar-refractivity contribution in [1.29, 1.82) is 0 Å². The van der Waals surface area contributed by atoms with Gasteiger partial charge in [-0.1, -0.05) is 24.3 Å². The largest absolute Gasteiger partial charge is 0.481 e. The summed E-state index contributed by atoms with van der Waals surface area (Å²) in [5.74, 6) is -0.974. The highest BCUT2D eigenvalue weighted by molar-refractivity contribution is 5.78. The van der Waals surface area contributed by atoms with Crippen molar-refractivity contribution in [2.75, 3.05) is 0 Å². The van der Waals surface area contributed by atoms with E-state index in [1.807, 2.05) is 12.2 Å². The van der Waals surface area contributed by atoms with E-state index in [1.54, 1.807) is 12.1 Å². The van der Waals surface area contributed by atoms with Crippen LogP contribution < -0.4 is 0 Å². The second-order valence-corrected chi connectivity index (χ2v) is 4.24. The number of rotatable bonds is 4. The summed E-state index contributed by atoms with van der Waals surface area (Å²) in [4.78, 5) is 10.9. The fourth-order valence-corrected chi connectivity index (χ4v) is 1.65. The quantitative estimate of drug-likeness (QED) is 0.846. The minimum Gasteiger partial charge on any atom is -0.481 e. The molecule has 1 aliphatic carbocycles. The minimum absolute atomic E-state index is 0.263. The van der Waals surface area contributed by atoms with Crippen LogP contribution in [-0.2, 0) is 4.79 Å². The predicted molar refractivity (Wildman–Crippen MR) is 59.4 cm³/mol. The molecule has 16 heavy (non-hydrogen) atoms. The zero-order valence-corrected chi connectivity index (χ0v) is 8.82. The van der Waals surface area contributed by atoms with E-state index in [4.69, 9.17) is 5.11 Å².